The fourth-order valence-corrected chi connectivity index (χ4v) is 6.95. The number of aliphatic carboxylic acids is 2. The number of fused-ring (bicyclic) bond motifs is 2. The third-order valence-electron chi connectivity index (χ3n) is 7.07. The molecule has 44 heavy (non-hydrogen) atoms. The van der Waals surface area contributed by atoms with Crippen molar-refractivity contribution in [2.45, 2.75) is 39.5 Å². The van der Waals surface area contributed by atoms with Crippen molar-refractivity contribution in [2.24, 2.45) is 11.8 Å². The molecule has 2 N–H and O–H groups in total. The van der Waals surface area contributed by atoms with E-state index < -0.39 is 29.6 Å². The van der Waals surface area contributed by atoms with Gasteiger partial charge in [-0.3, -0.25) is 14.4 Å². The molecule has 0 radical (unpaired) electrons. The number of carboxylic acid groups (broad SMARTS) is 2. The quantitative estimate of drug-likeness (QED) is 0.0912. The minimum atomic E-state index is -1.04. The van der Waals surface area contributed by atoms with E-state index in [0.29, 0.717) is 50.1 Å². The van der Waals surface area contributed by atoms with Crippen LogP contribution in [0.2, 0.25) is 5.02 Å². The first-order valence-electron chi connectivity index (χ1n) is 13.8. The van der Waals surface area contributed by atoms with Gasteiger partial charge >= 0.3 is 11.9 Å². The lowest BCUT2D eigenvalue weighted by molar-refractivity contribution is -0.142. The van der Waals surface area contributed by atoms with Crippen molar-refractivity contribution in [3.05, 3.63) is 44.9 Å². The van der Waals surface area contributed by atoms with E-state index in [4.69, 9.17) is 40.8 Å². The second kappa shape index (κ2) is 14.4. The van der Waals surface area contributed by atoms with Crippen LogP contribution in [0.25, 0.3) is 20.2 Å². The average molecular weight is 667 g/mol. The predicted molar refractivity (Wildman–Crippen MR) is 168 cm³/mol. The molecule has 2 aromatic carbocycles. The van der Waals surface area contributed by atoms with Crippen LogP contribution in [0.1, 0.15) is 47.7 Å². The zero-order valence-electron chi connectivity index (χ0n) is 24.5. The van der Waals surface area contributed by atoms with E-state index in [-0.39, 0.29) is 47.7 Å². The standard InChI is InChI=1S/C31H32ClFO9S2/c1-15(30(35)36)6-7-17-11-19-24(43-17)14-22(40-4)29(27(19)33)42-9-5-8-41-28-21(39-3)13-23-18(26(28)32)12-25(44-23)20(34)10-16(2)31(37)38/h11-16H,5-10H2,1-4H3,(H,35,36)(H,37,38)/t15-,16-/m0/s1. The van der Waals surface area contributed by atoms with Crippen LogP contribution >= 0.6 is 34.3 Å². The van der Waals surface area contributed by atoms with Crippen LogP contribution in [-0.4, -0.2) is 55.4 Å². The Morgan fingerprint density at radius 3 is 2.07 bits per heavy atom. The topological polar surface area (TPSA) is 129 Å². The number of thiophene rings is 2. The Labute approximate surface area is 266 Å². The second-order valence-electron chi connectivity index (χ2n) is 10.3. The van der Waals surface area contributed by atoms with E-state index in [2.05, 4.69) is 0 Å². The Morgan fingerprint density at radius 2 is 1.45 bits per heavy atom. The van der Waals surface area contributed by atoms with Crippen LogP contribution in [0.5, 0.6) is 23.0 Å². The Hall–Kier alpha value is -3.61. The molecule has 0 aliphatic carbocycles. The van der Waals surface area contributed by atoms with Gasteiger partial charge in [-0.15, -0.1) is 22.7 Å². The zero-order valence-corrected chi connectivity index (χ0v) is 26.9. The van der Waals surface area contributed by atoms with Gasteiger partial charge in [-0.1, -0.05) is 25.4 Å². The molecule has 0 amide bonds. The third-order valence-corrected chi connectivity index (χ3v) is 9.71. The zero-order chi connectivity index (χ0) is 32.1. The Kier molecular flexibility index (Phi) is 10.9. The largest absolute Gasteiger partial charge is 0.493 e. The van der Waals surface area contributed by atoms with Crippen molar-refractivity contribution in [3.8, 4) is 23.0 Å². The van der Waals surface area contributed by atoms with Gasteiger partial charge in [-0.25, -0.2) is 4.39 Å². The maximum atomic E-state index is 15.5. The molecule has 0 aliphatic rings. The summed E-state index contributed by atoms with van der Waals surface area (Å²) in [6, 6.07) is 6.77. The number of rotatable bonds is 16. The fourth-order valence-electron chi connectivity index (χ4n) is 4.44. The molecule has 4 aromatic rings. The second-order valence-corrected chi connectivity index (χ2v) is 12.9. The summed E-state index contributed by atoms with van der Waals surface area (Å²) in [5.74, 6) is -3.17. The molecular weight excluding hydrogens is 635 g/mol. The molecule has 0 spiro atoms. The summed E-state index contributed by atoms with van der Waals surface area (Å²) >= 11 is 9.24. The number of methoxy groups -OCH3 is 2. The fraction of sp³-hybridized carbons (Fsp3) is 0.387. The summed E-state index contributed by atoms with van der Waals surface area (Å²) in [5, 5.41) is 19.5. The number of Topliss-reactive ketones (excluding diaryl/α,β-unsaturated/α-hetero) is 1. The van der Waals surface area contributed by atoms with Gasteiger partial charge < -0.3 is 29.2 Å². The molecule has 0 bridgehead atoms. The predicted octanol–water partition coefficient (Wildman–Crippen LogP) is 7.72. The first-order valence-corrected chi connectivity index (χ1v) is 15.8. The summed E-state index contributed by atoms with van der Waals surface area (Å²) in [7, 11) is 2.90. The number of ketones is 1. The highest BCUT2D eigenvalue weighted by atomic mass is 35.5. The highest BCUT2D eigenvalue weighted by Crippen LogP contribution is 2.45. The summed E-state index contributed by atoms with van der Waals surface area (Å²) in [6.07, 6.45) is 1.20. The van der Waals surface area contributed by atoms with E-state index in [1.165, 1.54) is 43.8 Å². The highest BCUT2D eigenvalue weighted by molar-refractivity contribution is 7.21. The minimum absolute atomic E-state index is 0.0204. The molecule has 4 rings (SSSR count). The lowest BCUT2D eigenvalue weighted by Crippen LogP contribution is -2.13. The van der Waals surface area contributed by atoms with Gasteiger partial charge in [0.15, 0.2) is 34.6 Å². The van der Waals surface area contributed by atoms with Crippen LogP contribution in [0.4, 0.5) is 4.39 Å². The number of halogens is 2. The van der Waals surface area contributed by atoms with Crippen molar-refractivity contribution < 1.29 is 47.9 Å². The number of ether oxygens (including phenoxy) is 4. The number of carboxylic acids is 2. The van der Waals surface area contributed by atoms with Crippen LogP contribution in [0.15, 0.2) is 24.3 Å². The number of hydrogen-bond acceptors (Lipinski definition) is 9. The van der Waals surface area contributed by atoms with Crippen LogP contribution in [0.3, 0.4) is 0 Å². The molecule has 13 heteroatoms. The van der Waals surface area contributed by atoms with Gasteiger partial charge in [0.05, 0.1) is 49.2 Å². The lowest BCUT2D eigenvalue weighted by Gasteiger charge is -2.14. The van der Waals surface area contributed by atoms with Crippen molar-refractivity contribution in [3.63, 3.8) is 0 Å². The van der Waals surface area contributed by atoms with Gasteiger partial charge in [0.1, 0.15) is 0 Å². The lowest BCUT2D eigenvalue weighted by atomic mass is 10.0. The van der Waals surface area contributed by atoms with Crippen LogP contribution in [-0.2, 0) is 16.0 Å². The monoisotopic (exact) mass is 666 g/mol. The normalized spacial score (nSPS) is 12.7. The van der Waals surface area contributed by atoms with Gasteiger partial charge in [0, 0.05) is 50.0 Å². The molecule has 0 fully saturated rings. The van der Waals surface area contributed by atoms with E-state index in [1.807, 2.05) is 0 Å². The maximum absolute atomic E-state index is 15.5. The molecule has 9 nitrogen and oxygen atoms in total. The number of benzene rings is 2. The molecule has 0 saturated heterocycles. The Balaban J connectivity index is 1.42. The van der Waals surface area contributed by atoms with Crippen molar-refractivity contribution >= 4 is 72.2 Å². The summed E-state index contributed by atoms with van der Waals surface area (Å²) in [4.78, 5) is 36.2. The molecule has 2 aromatic heterocycles. The number of hydrogen-bond donors (Lipinski definition) is 2. The SMILES string of the molecule is COc1cc2sc(CC[C@H](C)C(=O)O)cc2c(F)c1OCCCOc1c(OC)cc2sc(C(=O)C[C@H](C)C(=O)O)cc2c1Cl. The van der Waals surface area contributed by atoms with Crippen molar-refractivity contribution in [2.75, 3.05) is 27.4 Å². The number of carbonyl (C=O) groups is 3. The molecule has 0 unspecified atom stereocenters. The third kappa shape index (κ3) is 7.36. The summed E-state index contributed by atoms with van der Waals surface area (Å²) < 4.78 is 39.4. The molecular formula is C31H32ClFO9S2. The van der Waals surface area contributed by atoms with Gasteiger partial charge in [-0.2, -0.15) is 0 Å². The molecule has 236 valence electrons. The number of aryl methyl sites for hydroxylation is 1. The minimum Gasteiger partial charge on any atom is -0.493 e. The summed E-state index contributed by atoms with van der Waals surface area (Å²) in [6.45, 7) is 3.38. The van der Waals surface area contributed by atoms with Crippen molar-refractivity contribution in [1.82, 2.24) is 0 Å². The molecule has 2 atom stereocenters. The van der Waals surface area contributed by atoms with E-state index in [0.717, 1.165) is 4.88 Å². The number of carbonyl (C=O) groups excluding carboxylic acids is 1. The van der Waals surface area contributed by atoms with Crippen LogP contribution < -0.4 is 18.9 Å². The first kappa shape index (κ1) is 33.3. The van der Waals surface area contributed by atoms with Gasteiger partial charge in [0.2, 0.25) is 0 Å². The Morgan fingerprint density at radius 1 is 0.864 bits per heavy atom. The smallest absolute Gasteiger partial charge is 0.306 e. The molecule has 2 heterocycles. The Bertz CT molecular complexity index is 1700. The van der Waals surface area contributed by atoms with Crippen molar-refractivity contribution in [1.29, 1.82) is 0 Å². The van der Waals surface area contributed by atoms with E-state index >= 15 is 4.39 Å². The van der Waals surface area contributed by atoms with Gasteiger partial charge in [-0.05, 0) is 25.0 Å². The van der Waals surface area contributed by atoms with E-state index in [1.54, 1.807) is 31.2 Å². The van der Waals surface area contributed by atoms with E-state index in [9.17, 15) is 14.4 Å². The first-order chi connectivity index (χ1) is 20.9. The average Bonchev–Trinajstić information content (AvgIpc) is 3.61. The van der Waals surface area contributed by atoms with Gasteiger partial charge in [0.25, 0.3) is 0 Å². The maximum Gasteiger partial charge on any atom is 0.306 e. The molecule has 0 saturated carbocycles. The highest BCUT2D eigenvalue weighted by Gasteiger charge is 2.23. The summed E-state index contributed by atoms with van der Waals surface area (Å²) in [5.41, 5.74) is 0. The molecule has 0 aliphatic heterocycles. The van der Waals surface area contributed by atoms with Crippen LogP contribution in [0, 0.1) is 17.7 Å².